The monoisotopic (exact) mass is 252 g/mol. The van der Waals surface area contributed by atoms with Gasteiger partial charge in [-0.1, -0.05) is 0 Å². The van der Waals surface area contributed by atoms with Crippen LogP contribution in [0.1, 0.15) is 24.4 Å². The minimum atomic E-state index is 0.290. The summed E-state index contributed by atoms with van der Waals surface area (Å²) in [5.74, 6) is 0.634. The van der Waals surface area contributed by atoms with Gasteiger partial charge in [-0.25, -0.2) is 0 Å². The van der Waals surface area contributed by atoms with E-state index in [4.69, 9.17) is 10.5 Å². The van der Waals surface area contributed by atoms with Crippen LogP contribution in [-0.2, 0) is 11.8 Å². The third-order valence-corrected chi connectivity index (χ3v) is 3.73. The van der Waals surface area contributed by atoms with Crippen LogP contribution < -0.4 is 5.73 Å². The number of piperidine rings is 1. The summed E-state index contributed by atoms with van der Waals surface area (Å²) in [5.41, 5.74) is 7.17. The van der Waals surface area contributed by atoms with E-state index in [1.807, 2.05) is 17.9 Å². The minimum absolute atomic E-state index is 0.290. The van der Waals surface area contributed by atoms with E-state index in [1.165, 1.54) is 18.4 Å². The van der Waals surface area contributed by atoms with E-state index in [0.717, 1.165) is 19.7 Å². The molecule has 1 aromatic heterocycles. The maximum Gasteiger partial charge on any atom is 0.0538 e. The van der Waals surface area contributed by atoms with Crippen LogP contribution in [0, 0.1) is 5.92 Å². The van der Waals surface area contributed by atoms with E-state index >= 15 is 0 Å². The van der Waals surface area contributed by atoms with E-state index < -0.39 is 0 Å². The molecule has 2 heterocycles. The fraction of sp³-hybridized carbons (Fsp3) is 0.769. The summed E-state index contributed by atoms with van der Waals surface area (Å²) in [7, 11) is 3.72. The first-order chi connectivity index (χ1) is 8.74. The Balaban J connectivity index is 2.03. The molecule has 2 rings (SSSR count). The maximum atomic E-state index is 5.95. The van der Waals surface area contributed by atoms with Gasteiger partial charge in [-0.05, 0) is 25.3 Å². The highest BCUT2D eigenvalue weighted by Gasteiger charge is 2.26. The van der Waals surface area contributed by atoms with Gasteiger partial charge in [0.15, 0.2) is 0 Å². The molecule has 1 fully saturated rings. The van der Waals surface area contributed by atoms with Crippen molar-refractivity contribution in [1.29, 1.82) is 0 Å². The van der Waals surface area contributed by atoms with Gasteiger partial charge in [0, 0.05) is 39.0 Å². The summed E-state index contributed by atoms with van der Waals surface area (Å²) >= 11 is 0. The lowest BCUT2D eigenvalue weighted by molar-refractivity contribution is 0.0697. The van der Waals surface area contributed by atoms with Gasteiger partial charge in [0.1, 0.15) is 0 Å². The second kappa shape index (κ2) is 6.31. The number of nitrogens with two attached hydrogens (primary N) is 1. The van der Waals surface area contributed by atoms with Crippen LogP contribution in [0.4, 0.5) is 0 Å². The van der Waals surface area contributed by atoms with E-state index in [0.29, 0.717) is 18.5 Å². The fourth-order valence-corrected chi connectivity index (χ4v) is 2.86. The molecule has 2 N–H and O–H groups in total. The SMILES string of the molecule is COCC1CCCN(C(CN)c2cnn(C)c2)C1. The van der Waals surface area contributed by atoms with Crippen LogP contribution in [0.25, 0.3) is 0 Å². The van der Waals surface area contributed by atoms with Crippen molar-refractivity contribution >= 4 is 0 Å². The quantitative estimate of drug-likeness (QED) is 0.841. The van der Waals surface area contributed by atoms with Crippen LogP contribution in [-0.4, -0.2) is 48.0 Å². The largest absolute Gasteiger partial charge is 0.384 e. The first kappa shape index (κ1) is 13.5. The molecule has 102 valence electrons. The first-order valence-corrected chi connectivity index (χ1v) is 6.66. The number of hydrogen-bond donors (Lipinski definition) is 1. The van der Waals surface area contributed by atoms with Crippen molar-refractivity contribution in [3.05, 3.63) is 18.0 Å². The van der Waals surface area contributed by atoms with Gasteiger partial charge in [-0.15, -0.1) is 0 Å². The Morgan fingerprint density at radius 3 is 3.06 bits per heavy atom. The Bertz CT molecular complexity index is 364. The second-order valence-corrected chi connectivity index (χ2v) is 5.16. The molecule has 2 unspecified atom stereocenters. The Labute approximate surface area is 109 Å². The number of methoxy groups -OCH3 is 1. The van der Waals surface area contributed by atoms with Gasteiger partial charge in [0.2, 0.25) is 0 Å². The molecule has 1 aliphatic rings. The lowest BCUT2D eigenvalue weighted by atomic mass is 9.96. The van der Waals surface area contributed by atoms with Crippen LogP contribution in [0.5, 0.6) is 0 Å². The molecule has 1 aliphatic heterocycles. The van der Waals surface area contributed by atoms with Crippen molar-refractivity contribution in [3.8, 4) is 0 Å². The Morgan fingerprint density at radius 1 is 1.61 bits per heavy atom. The molecule has 2 atom stereocenters. The normalized spacial score (nSPS) is 23.2. The number of nitrogens with zero attached hydrogens (tertiary/aromatic N) is 3. The molecule has 0 amide bonds. The minimum Gasteiger partial charge on any atom is -0.384 e. The standard InChI is InChI=1S/C13H24N4O/c1-16-9-12(7-15-16)13(6-14)17-5-3-4-11(8-17)10-18-2/h7,9,11,13H,3-6,8,10,14H2,1-2H3. The Kier molecular flexibility index (Phi) is 4.74. The van der Waals surface area contributed by atoms with Gasteiger partial charge in [0.25, 0.3) is 0 Å². The summed E-state index contributed by atoms with van der Waals surface area (Å²) in [6.45, 7) is 3.69. The predicted molar refractivity (Wildman–Crippen MR) is 71.2 cm³/mol. The smallest absolute Gasteiger partial charge is 0.0538 e. The first-order valence-electron chi connectivity index (χ1n) is 6.66. The summed E-state index contributed by atoms with van der Waals surface area (Å²) in [6.07, 6.45) is 6.48. The molecule has 0 aromatic carbocycles. The third kappa shape index (κ3) is 3.10. The molecule has 18 heavy (non-hydrogen) atoms. The van der Waals surface area contributed by atoms with Crippen molar-refractivity contribution in [3.63, 3.8) is 0 Å². The van der Waals surface area contributed by atoms with Crippen molar-refractivity contribution < 1.29 is 4.74 Å². The average molecular weight is 252 g/mol. The number of aryl methyl sites for hydroxylation is 1. The third-order valence-electron chi connectivity index (χ3n) is 3.73. The van der Waals surface area contributed by atoms with Crippen molar-refractivity contribution in [2.45, 2.75) is 18.9 Å². The summed E-state index contributed by atoms with van der Waals surface area (Å²) < 4.78 is 7.12. The molecular formula is C13H24N4O. The zero-order chi connectivity index (χ0) is 13.0. The zero-order valence-electron chi connectivity index (χ0n) is 11.4. The van der Waals surface area contributed by atoms with Crippen molar-refractivity contribution in [2.24, 2.45) is 18.7 Å². The lowest BCUT2D eigenvalue weighted by Crippen LogP contribution is -2.42. The summed E-state index contributed by atoms with van der Waals surface area (Å²) in [4.78, 5) is 2.48. The summed E-state index contributed by atoms with van der Waals surface area (Å²) in [5, 5.41) is 4.25. The number of likely N-dealkylation sites (tertiary alicyclic amines) is 1. The van der Waals surface area contributed by atoms with E-state index in [1.54, 1.807) is 7.11 Å². The van der Waals surface area contributed by atoms with E-state index in [9.17, 15) is 0 Å². The number of hydrogen-bond acceptors (Lipinski definition) is 4. The van der Waals surface area contributed by atoms with E-state index in [2.05, 4.69) is 16.2 Å². The molecule has 0 saturated carbocycles. The number of ether oxygens (including phenoxy) is 1. The Morgan fingerprint density at radius 2 is 2.44 bits per heavy atom. The Hall–Kier alpha value is -0.910. The van der Waals surface area contributed by atoms with Gasteiger partial charge >= 0.3 is 0 Å². The van der Waals surface area contributed by atoms with Crippen molar-refractivity contribution in [1.82, 2.24) is 14.7 Å². The van der Waals surface area contributed by atoms with E-state index in [-0.39, 0.29) is 0 Å². The molecular weight excluding hydrogens is 228 g/mol. The van der Waals surface area contributed by atoms with Crippen LogP contribution in [0.15, 0.2) is 12.4 Å². The van der Waals surface area contributed by atoms with Gasteiger partial charge in [-0.3, -0.25) is 9.58 Å². The van der Waals surface area contributed by atoms with Crippen LogP contribution in [0.3, 0.4) is 0 Å². The molecule has 0 aliphatic carbocycles. The number of aromatic nitrogens is 2. The highest BCUT2D eigenvalue weighted by molar-refractivity contribution is 5.11. The fourth-order valence-electron chi connectivity index (χ4n) is 2.86. The topological polar surface area (TPSA) is 56.3 Å². The molecule has 1 aromatic rings. The molecule has 1 saturated heterocycles. The molecule has 0 spiro atoms. The second-order valence-electron chi connectivity index (χ2n) is 5.16. The lowest BCUT2D eigenvalue weighted by Gasteiger charge is -2.37. The van der Waals surface area contributed by atoms with Gasteiger partial charge in [0.05, 0.1) is 18.8 Å². The van der Waals surface area contributed by atoms with Crippen LogP contribution in [0.2, 0.25) is 0 Å². The maximum absolute atomic E-state index is 5.95. The zero-order valence-corrected chi connectivity index (χ0v) is 11.4. The molecule has 5 heteroatoms. The van der Waals surface area contributed by atoms with Crippen molar-refractivity contribution in [2.75, 3.05) is 33.4 Å². The van der Waals surface area contributed by atoms with Gasteiger partial charge < -0.3 is 10.5 Å². The van der Waals surface area contributed by atoms with Gasteiger partial charge in [-0.2, -0.15) is 5.10 Å². The number of rotatable bonds is 5. The van der Waals surface area contributed by atoms with Crippen LogP contribution >= 0.6 is 0 Å². The highest BCUT2D eigenvalue weighted by Crippen LogP contribution is 2.26. The average Bonchev–Trinajstić information content (AvgIpc) is 2.78. The highest BCUT2D eigenvalue weighted by atomic mass is 16.5. The predicted octanol–water partition coefficient (Wildman–Crippen LogP) is 0.778. The molecule has 0 bridgehead atoms. The molecule has 5 nitrogen and oxygen atoms in total. The molecule has 0 radical (unpaired) electrons. The summed E-state index contributed by atoms with van der Waals surface area (Å²) in [6, 6.07) is 0.290.